The fraction of sp³-hybridized carbons (Fsp3) is 0.929. The summed E-state index contributed by atoms with van der Waals surface area (Å²) in [5.74, 6) is 0.316. The first-order valence-corrected chi connectivity index (χ1v) is 7.20. The Hall–Kier alpha value is -0.610. The standard InChI is InChI=1S/C14H26N2O2/c1-4-6-14(7-8-15-10-14)13(17)16(3)12-5-9-18-11(12)2/h11-12,15H,4-10H2,1-3H3. The van der Waals surface area contributed by atoms with Crippen LogP contribution in [0.4, 0.5) is 0 Å². The molecule has 0 aromatic heterocycles. The fourth-order valence-corrected chi connectivity index (χ4v) is 3.48. The average Bonchev–Trinajstić information content (AvgIpc) is 2.98. The maximum atomic E-state index is 12.8. The SMILES string of the molecule is CCCC1(C(=O)N(C)C2CCOC2C)CCNC1. The van der Waals surface area contributed by atoms with Crippen molar-refractivity contribution in [2.45, 2.75) is 51.7 Å². The van der Waals surface area contributed by atoms with Gasteiger partial charge in [-0.05, 0) is 32.7 Å². The van der Waals surface area contributed by atoms with Crippen LogP contribution in [0.25, 0.3) is 0 Å². The molecule has 18 heavy (non-hydrogen) atoms. The van der Waals surface area contributed by atoms with Gasteiger partial charge in [0, 0.05) is 20.2 Å². The number of likely N-dealkylation sites (N-methyl/N-ethyl adjacent to an activating group) is 1. The van der Waals surface area contributed by atoms with Crippen LogP contribution < -0.4 is 5.32 Å². The number of ether oxygens (including phenoxy) is 1. The summed E-state index contributed by atoms with van der Waals surface area (Å²) in [7, 11) is 1.95. The second kappa shape index (κ2) is 5.57. The van der Waals surface area contributed by atoms with Crippen molar-refractivity contribution in [3.63, 3.8) is 0 Å². The fourth-order valence-electron chi connectivity index (χ4n) is 3.48. The monoisotopic (exact) mass is 254 g/mol. The zero-order valence-corrected chi connectivity index (χ0v) is 11.9. The second-order valence-corrected chi connectivity index (χ2v) is 5.81. The average molecular weight is 254 g/mol. The summed E-state index contributed by atoms with van der Waals surface area (Å²) in [5, 5.41) is 3.36. The molecule has 0 aliphatic carbocycles. The van der Waals surface area contributed by atoms with E-state index in [1.165, 1.54) is 0 Å². The van der Waals surface area contributed by atoms with Crippen molar-refractivity contribution in [1.29, 1.82) is 0 Å². The minimum atomic E-state index is -0.161. The van der Waals surface area contributed by atoms with Crippen molar-refractivity contribution in [1.82, 2.24) is 10.2 Å². The lowest BCUT2D eigenvalue weighted by Crippen LogP contribution is -2.49. The Bertz CT molecular complexity index is 300. The van der Waals surface area contributed by atoms with E-state index in [9.17, 15) is 4.79 Å². The zero-order chi connectivity index (χ0) is 13.2. The van der Waals surface area contributed by atoms with Gasteiger partial charge in [-0.15, -0.1) is 0 Å². The van der Waals surface area contributed by atoms with Crippen LogP contribution in [0.5, 0.6) is 0 Å². The Labute approximate surface area is 110 Å². The molecule has 2 heterocycles. The smallest absolute Gasteiger partial charge is 0.230 e. The summed E-state index contributed by atoms with van der Waals surface area (Å²) >= 11 is 0. The van der Waals surface area contributed by atoms with Crippen LogP contribution >= 0.6 is 0 Å². The predicted octanol–water partition coefficient (Wildman–Crippen LogP) is 1.40. The van der Waals surface area contributed by atoms with Crippen LogP contribution in [0.15, 0.2) is 0 Å². The topological polar surface area (TPSA) is 41.6 Å². The van der Waals surface area contributed by atoms with Crippen molar-refractivity contribution in [3.8, 4) is 0 Å². The molecule has 2 aliphatic rings. The number of hydrogen-bond acceptors (Lipinski definition) is 3. The number of carbonyl (C=O) groups excluding carboxylic acids is 1. The van der Waals surface area contributed by atoms with E-state index in [0.717, 1.165) is 45.4 Å². The van der Waals surface area contributed by atoms with E-state index < -0.39 is 0 Å². The van der Waals surface area contributed by atoms with Crippen LogP contribution in [-0.4, -0.2) is 49.7 Å². The number of rotatable bonds is 4. The van der Waals surface area contributed by atoms with Gasteiger partial charge in [-0.1, -0.05) is 13.3 Å². The summed E-state index contributed by atoms with van der Waals surface area (Å²) in [6.07, 6.45) is 4.18. The molecule has 1 N–H and O–H groups in total. The van der Waals surface area contributed by atoms with Gasteiger partial charge in [-0.2, -0.15) is 0 Å². The Morgan fingerprint density at radius 1 is 1.56 bits per heavy atom. The van der Waals surface area contributed by atoms with Gasteiger partial charge in [0.25, 0.3) is 0 Å². The van der Waals surface area contributed by atoms with Crippen LogP contribution in [0.3, 0.4) is 0 Å². The maximum absolute atomic E-state index is 12.8. The van der Waals surface area contributed by atoms with Crippen LogP contribution in [0.2, 0.25) is 0 Å². The molecule has 3 unspecified atom stereocenters. The van der Waals surface area contributed by atoms with Gasteiger partial charge in [0.1, 0.15) is 0 Å². The molecule has 2 saturated heterocycles. The quantitative estimate of drug-likeness (QED) is 0.824. The van der Waals surface area contributed by atoms with Gasteiger partial charge in [0.15, 0.2) is 0 Å². The molecule has 4 heteroatoms. The van der Waals surface area contributed by atoms with Crippen molar-refractivity contribution < 1.29 is 9.53 Å². The molecule has 0 spiro atoms. The Kier molecular flexibility index (Phi) is 4.28. The molecule has 4 nitrogen and oxygen atoms in total. The Balaban J connectivity index is 2.08. The lowest BCUT2D eigenvalue weighted by atomic mass is 9.80. The first kappa shape index (κ1) is 13.8. The minimum absolute atomic E-state index is 0.161. The molecule has 0 aromatic carbocycles. The summed E-state index contributed by atoms with van der Waals surface area (Å²) in [5.41, 5.74) is -0.161. The largest absolute Gasteiger partial charge is 0.376 e. The van der Waals surface area contributed by atoms with Crippen molar-refractivity contribution in [2.24, 2.45) is 5.41 Å². The molecule has 0 radical (unpaired) electrons. The van der Waals surface area contributed by atoms with Crippen molar-refractivity contribution in [2.75, 3.05) is 26.7 Å². The molecule has 104 valence electrons. The number of hydrogen-bond donors (Lipinski definition) is 1. The Morgan fingerprint density at radius 2 is 2.33 bits per heavy atom. The molecule has 2 fully saturated rings. The normalized spacial score (nSPS) is 35.9. The van der Waals surface area contributed by atoms with Gasteiger partial charge in [0.2, 0.25) is 5.91 Å². The van der Waals surface area contributed by atoms with Crippen molar-refractivity contribution in [3.05, 3.63) is 0 Å². The zero-order valence-electron chi connectivity index (χ0n) is 11.9. The summed E-state index contributed by atoms with van der Waals surface area (Å²) < 4.78 is 5.58. The second-order valence-electron chi connectivity index (χ2n) is 5.81. The number of amides is 1. The maximum Gasteiger partial charge on any atom is 0.230 e. The first-order valence-electron chi connectivity index (χ1n) is 7.20. The Morgan fingerprint density at radius 3 is 2.83 bits per heavy atom. The third kappa shape index (κ3) is 2.41. The number of nitrogens with zero attached hydrogens (tertiary/aromatic N) is 1. The lowest BCUT2D eigenvalue weighted by molar-refractivity contribution is -0.143. The molecular weight excluding hydrogens is 228 g/mol. The molecule has 0 bridgehead atoms. The van der Waals surface area contributed by atoms with Crippen LogP contribution in [0, 0.1) is 5.41 Å². The molecule has 0 saturated carbocycles. The highest BCUT2D eigenvalue weighted by Crippen LogP contribution is 2.34. The van der Waals surface area contributed by atoms with E-state index >= 15 is 0 Å². The van der Waals surface area contributed by atoms with E-state index in [1.807, 2.05) is 11.9 Å². The van der Waals surface area contributed by atoms with Gasteiger partial charge in [0.05, 0.1) is 17.6 Å². The number of carbonyl (C=O) groups is 1. The molecular formula is C14H26N2O2. The van der Waals surface area contributed by atoms with E-state index in [0.29, 0.717) is 5.91 Å². The highest BCUT2D eigenvalue weighted by molar-refractivity contribution is 5.83. The van der Waals surface area contributed by atoms with E-state index in [1.54, 1.807) is 0 Å². The third-order valence-corrected chi connectivity index (χ3v) is 4.58. The highest BCUT2D eigenvalue weighted by Gasteiger charge is 2.44. The van der Waals surface area contributed by atoms with Gasteiger partial charge in [-0.3, -0.25) is 4.79 Å². The van der Waals surface area contributed by atoms with Gasteiger partial charge >= 0.3 is 0 Å². The van der Waals surface area contributed by atoms with E-state index in [4.69, 9.17) is 4.74 Å². The van der Waals surface area contributed by atoms with Crippen LogP contribution in [-0.2, 0) is 9.53 Å². The van der Waals surface area contributed by atoms with Crippen LogP contribution in [0.1, 0.15) is 39.5 Å². The summed E-state index contributed by atoms with van der Waals surface area (Å²) in [4.78, 5) is 14.8. The molecule has 2 aliphatic heterocycles. The predicted molar refractivity (Wildman–Crippen MR) is 71.4 cm³/mol. The van der Waals surface area contributed by atoms with E-state index in [2.05, 4.69) is 19.2 Å². The first-order chi connectivity index (χ1) is 8.60. The molecule has 3 atom stereocenters. The minimum Gasteiger partial charge on any atom is -0.376 e. The van der Waals surface area contributed by atoms with Crippen molar-refractivity contribution >= 4 is 5.91 Å². The van der Waals surface area contributed by atoms with E-state index in [-0.39, 0.29) is 17.6 Å². The summed E-state index contributed by atoms with van der Waals surface area (Å²) in [6, 6.07) is 0.256. The lowest BCUT2D eigenvalue weighted by Gasteiger charge is -2.35. The van der Waals surface area contributed by atoms with Gasteiger partial charge < -0.3 is 15.0 Å². The van der Waals surface area contributed by atoms with Gasteiger partial charge in [-0.25, -0.2) is 0 Å². The molecule has 2 rings (SSSR count). The highest BCUT2D eigenvalue weighted by atomic mass is 16.5. The number of nitrogens with one attached hydrogen (secondary N) is 1. The molecule has 0 aromatic rings. The summed E-state index contributed by atoms with van der Waals surface area (Å²) in [6.45, 7) is 6.82. The molecule has 1 amide bonds. The third-order valence-electron chi connectivity index (χ3n) is 4.58.